The second-order valence-corrected chi connectivity index (χ2v) is 4.85. The van der Waals surface area contributed by atoms with Crippen molar-refractivity contribution in [1.82, 2.24) is 4.98 Å². The first-order valence-corrected chi connectivity index (χ1v) is 5.39. The van der Waals surface area contributed by atoms with Crippen LogP contribution in [0, 0.1) is 5.82 Å². The number of hydrogen-bond donors (Lipinski definition) is 2. The van der Waals surface area contributed by atoms with E-state index in [4.69, 9.17) is 5.11 Å². The Kier molecular flexibility index (Phi) is 2.65. The highest BCUT2D eigenvalue weighted by Crippen LogP contribution is 2.33. The molecule has 0 radical (unpaired) electrons. The monoisotopic (exact) mass is 235 g/mol. The molecule has 0 saturated heterocycles. The quantitative estimate of drug-likeness (QED) is 0.859. The summed E-state index contributed by atoms with van der Waals surface area (Å²) in [5.41, 5.74) is 1.11. The van der Waals surface area contributed by atoms with Crippen LogP contribution in [0.15, 0.2) is 24.4 Å². The van der Waals surface area contributed by atoms with Crippen molar-refractivity contribution in [2.75, 3.05) is 0 Å². The summed E-state index contributed by atoms with van der Waals surface area (Å²) in [6.45, 7) is 3.74. The van der Waals surface area contributed by atoms with Crippen molar-refractivity contribution >= 4 is 16.9 Å². The lowest BCUT2D eigenvalue weighted by Gasteiger charge is -2.21. The molecule has 0 fully saturated rings. The minimum atomic E-state index is -0.841. The average Bonchev–Trinajstić information content (AvgIpc) is 2.58. The summed E-state index contributed by atoms with van der Waals surface area (Å²) in [4.78, 5) is 13.8. The Bertz CT molecular complexity index is 572. The van der Waals surface area contributed by atoms with Gasteiger partial charge in [0.15, 0.2) is 0 Å². The van der Waals surface area contributed by atoms with Gasteiger partial charge in [-0.25, -0.2) is 4.39 Å². The van der Waals surface area contributed by atoms with Crippen LogP contribution in [0.25, 0.3) is 10.9 Å². The highest BCUT2D eigenvalue weighted by atomic mass is 19.1. The van der Waals surface area contributed by atoms with E-state index in [9.17, 15) is 9.18 Å². The molecule has 0 aliphatic rings. The van der Waals surface area contributed by atoms with Gasteiger partial charge in [0.1, 0.15) is 5.82 Å². The van der Waals surface area contributed by atoms with Gasteiger partial charge in [0, 0.05) is 22.5 Å². The van der Waals surface area contributed by atoms with E-state index >= 15 is 0 Å². The molecule has 1 heterocycles. The Balaban J connectivity index is 2.52. The van der Waals surface area contributed by atoms with Gasteiger partial charge in [0.2, 0.25) is 0 Å². The lowest BCUT2D eigenvalue weighted by atomic mass is 9.81. The van der Waals surface area contributed by atoms with Crippen molar-refractivity contribution < 1.29 is 14.3 Å². The standard InChI is InChI=1S/C13H14FNO2/c1-13(2,6-12(16)17)10-7-15-11-5-8(14)3-4-9(10)11/h3-5,7,15H,6H2,1-2H3,(H,16,17). The normalized spacial score (nSPS) is 11.9. The zero-order valence-corrected chi connectivity index (χ0v) is 9.75. The number of rotatable bonds is 3. The first kappa shape index (κ1) is 11.6. The molecule has 2 aromatic rings. The summed E-state index contributed by atoms with van der Waals surface area (Å²) in [6.07, 6.45) is 1.80. The number of halogens is 1. The molecule has 2 N–H and O–H groups in total. The molecule has 17 heavy (non-hydrogen) atoms. The zero-order chi connectivity index (χ0) is 12.6. The molecule has 0 aliphatic carbocycles. The lowest BCUT2D eigenvalue weighted by Crippen LogP contribution is -2.21. The fraction of sp³-hybridized carbons (Fsp3) is 0.308. The molecule has 2 rings (SSSR count). The summed E-state index contributed by atoms with van der Waals surface area (Å²) in [7, 11) is 0. The number of hydrogen-bond acceptors (Lipinski definition) is 1. The molecule has 1 aromatic carbocycles. The minimum Gasteiger partial charge on any atom is -0.481 e. The molecule has 0 spiro atoms. The second-order valence-electron chi connectivity index (χ2n) is 4.85. The SMILES string of the molecule is CC(C)(CC(=O)O)c1c[nH]c2cc(F)ccc12. The van der Waals surface area contributed by atoms with Gasteiger partial charge in [0.05, 0.1) is 6.42 Å². The summed E-state index contributed by atoms with van der Waals surface area (Å²) in [5, 5.41) is 9.77. The van der Waals surface area contributed by atoms with E-state index in [2.05, 4.69) is 4.98 Å². The molecule has 4 heteroatoms. The van der Waals surface area contributed by atoms with Gasteiger partial charge in [-0.3, -0.25) is 4.79 Å². The van der Waals surface area contributed by atoms with E-state index in [1.54, 1.807) is 12.3 Å². The average molecular weight is 235 g/mol. The van der Waals surface area contributed by atoms with Crippen LogP contribution >= 0.6 is 0 Å². The molecule has 0 bridgehead atoms. The molecular weight excluding hydrogens is 221 g/mol. The highest BCUT2D eigenvalue weighted by molar-refractivity contribution is 5.85. The van der Waals surface area contributed by atoms with Crippen molar-refractivity contribution in [2.24, 2.45) is 0 Å². The summed E-state index contributed by atoms with van der Waals surface area (Å²) < 4.78 is 13.0. The molecule has 0 atom stereocenters. The predicted octanol–water partition coefficient (Wildman–Crippen LogP) is 3.06. The zero-order valence-electron chi connectivity index (χ0n) is 9.75. The molecule has 90 valence electrons. The van der Waals surface area contributed by atoms with Crippen LogP contribution in [0.1, 0.15) is 25.8 Å². The Labute approximate surface area is 98.3 Å². The molecule has 0 amide bonds. The second kappa shape index (κ2) is 3.87. The number of carbonyl (C=O) groups is 1. The third-order valence-corrected chi connectivity index (χ3v) is 2.97. The summed E-state index contributed by atoms with van der Waals surface area (Å²) >= 11 is 0. The van der Waals surface area contributed by atoms with Gasteiger partial charge in [0.25, 0.3) is 0 Å². The van der Waals surface area contributed by atoms with Gasteiger partial charge in [-0.15, -0.1) is 0 Å². The minimum absolute atomic E-state index is 0.0390. The van der Waals surface area contributed by atoms with Crippen LogP contribution < -0.4 is 0 Å². The number of benzene rings is 1. The van der Waals surface area contributed by atoms with E-state index in [0.717, 1.165) is 10.9 Å². The Morgan fingerprint density at radius 2 is 2.18 bits per heavy atom. The van der Waals surface area contributed by atoms with E-state index in [1.807, 2.05) is 13.8 Å². The maximum atomic E-state index is 13.0. The molecule has 3 nitrogen and oxygen atoms in total. The maximum Gasteiger partial charge on any atom is 0.304 e. The topological polar surface area (TPSA) is 53.1 Å². The maximum absolute atomic E-state index is 13.0. The van der Waals surface area contributed by atoms with Crippen LogP contribution in [-0.4, -0.2) is 16.1 Å². The number of carboxylic acid groups (broad SMARTS) is 1. The van der Waals surface area contributed by atoms with E-state index in [-0.39, 0.29) is 12.2 Å². The third-order valence-electron chi connectivity index (χ3n) is 2.97. The number of fused-ring (bicyclic) bond motifs is 1. The number of nitrogens with one attached hydrogen (secondary N) is 1. The van der Waals surface area contributed by atoms with Gasteiger partial charge < -0.3 is 10.1 Å². The predicted molar refractivity (Wildman–Crippen MR) is 63.5 cm³/mol. The van der Waals surface area contributed by atoms with Crippen LogP contribution in [0.2, 0.25) is 0 Å². The third kappa shape index (κ3) is 2.16. The molecule has 0 unspecified atom stereocenters. The van der Waals surface area contributed by atoms with E-state index in [0.29, 0.717) is 5.52 Å². The Morgan fingerprint density at radius 1 is 1.47 bits per heavy atom. The van der Waals surface area contributed by atoms with E-state index in [1.165, 1.54) is 12.1 Å². The van der Waals surface area contributed by atoms with Gasteiger partial charge in [-0.1, -0.05) is 13.8 Å². The lowest BCUT2D eigenvalue weighted by molar-refractivity contribution is -0.138. The fourth-order valence-electron chi connectivity index (χ4n) is 2.13. The van der Waals surface area contributed by atoms with Gasteiger partial charge in [-0.05, 0) is 23.8 Å². The van der Waals surface area contributed by atoms with Gasteiger partial charge >= 0.3 is 5.97 Å². The number of H-pyrrole nitrogens is 1. The van der Waals surface area contributed by atoms with Crippen molar-refractivity contribution in [1.29, 1.82) is 0 Å². The number of aromatic amines is 1. The molecular formula is C13H14FNO2. The Hall–Kier alpha value is -1.84. The fourth-order valence-corrected chi connectivity index (χ4v) is 2.13. The van der Waals surface area contributed by atoms with Crippen LogP contribution in [-0.2, 0) is 10.2 Å². The van der Waals surface area contributed by atoms with Crippen molar-refractivity contribution in [3.8, 4) is 0 Å². The van der Waals surface area contributed by atoms with Crippen LogP contribution in [0.3, 0.4) is 0 Å². The van der Waals surface area contributed by atoms with E-state index < -0.39 is 11.4 Å². The molecule has 0 saturated carbocycles. The summed E-state index contributed by atoms with van der Waals surface area (Å²) in [6, 6.07) is 4.48. The largest absolute Gasteiger partial charge is 0.481 e. The summed E-state index contributed by atoms with van der Waals surface area (Å²) in [5.74, 6) is -1.14. The number of carboxylic acids is 1. The smallest absolute Gasteiger partial charge is 0.304 e. The molecule has 0 aliphatic heterocycles. The van der Waals surface area contributed by atoms with Crippen LogP contribution in [0.4, 0.5) is 4.39 Å². The molecule has 1 aromatic heterocycles. The van der Waals surface area contributed by atoms with Gasteiger partial charge in [-0.2, -0.15) is 0 Å². The van der Waals surface area contributed by atoms with Crippen molar-refractivity contribution in [2.45, 2.75) is 25.7 Å². The number of aromatic nitrogens is 1. The van der Waals surface area contributed by atoms with Crippen molar-refractivity contribution in [3.05, 3.63) is 35.8 Å². The number of aliphatic carboxylic acids is 1. The Morgan fingerprint density at radius 3 is 2.82 bits per heavy atom. The van der Waals surface area contributed by atoms with Crippen LogP contribution in [0.5, 0.6) is 0 Å². The van der Waals surface area contributed by atoms with Crippen molar-refractivity contribution in [3.63, 3.8) is 0 Å². The first-order valence-electron chi connectivity index (χ1n) is 5.39. The highest BCUT2D eigenvalue weighted by Gasteiger charge is 2.26. The first-order chi connectivity index (χ1) is 7.90.